The largest absolute Gasteiger partial charge is 0.293 e. The number of likely N-dealkylation sites (tertiary alicyclic amines) is 1. The monoisotopic (exact) mass is 303 g/mol. The quantitative estimate of drug-likeness (QED) is 0.798. The second-order valence-electron chi connectivity index (χ2n) is 4.77. The molecule has 1 fully saturated rings. The zero-order valence-corrected chi connectivity index (χ0v) is 11.4. The zero-order chi connectivity index (χ0) is 12.5. The van der Waals surface area contributed by atoms with E-state index in [1.165, 1.54) is 5.56 Å². The lowest BCUT2D eigenvalue weighted by Crippen LogP contribution is -2.42. The summed E-state index contributed by atoms with van der Waals surface area (Å²) in [6.45, 7) is 3.25. The van der Waals surface area contributed by atoms with Crippen molar-refractivity contribution in [3.05, 3.63) is 33.8 Å². The highest BCUT2D eigenvalue weighted by molar-refractivity contribution is 9.10. The fourth-order valence-electron chi connectivity index (χ4n) is 2.20. The van der Waals surface area contributed by atoms with Gasteiger partial charge in [0.15, 0.2) is 0 Å². The highest BCUT2D eigenvalue weighted by Gasteiger charge is 2.34. The highest BCUT2D eigenvalue weighted by Crippen LogP contribution is 2.28. The van der Waals surface area contributed by atoms with Crippen LogP contribution in [0.4, 0.5) is 8.78 Å². The normalized spacial score (nSPS) is 20.5. The van der Waals surface area contributed by atoms with Gasteiger partial charge in [0.05, 0.1) is 6.54 Å². The van der Waals surface area contributed by atoms with Crippen molar-refractivity contribution in [2.24, 2.45) is 0 Å². The van der Waals surface area contributed by atoms with E-state index >= 15 is 0 Å². The number of piperidine rings is 1. The summed E-state index contributed by atoms with van der Waals surface area (Å²) in [6.07, 6.45) is 0.606. The maximum Gasteiger partial charge on any atom is 0.260 e. The zero-order valence-electron chi connectivity index (χ0n) is 9.85. The van der Waals surface area contributed by atoms with Crippen molar-refractivity contribution in [2.75, 3.05) is 13.1 Å². The molecule has 1 heterocycles. The SMILES string of the molecule is Cc1ccc(CN2CCCC(F)(F)C2)c(Br)c1. The van der Waals surface area contributed by atoms with Crippen LogP contribution in [0.1, 0.15) is 24.0 Å². The Labute approximate surface area is 109 Å². The number of hydrogen-bond donors (Lipinski definition) is 0. The van der Waals surface area contributed by atoms with Crippen LogP contribution in [0.25, 0.3) is 0 Å². The molecule has 0 amide bonds. The van der Waals surface area contributed by atoms with Crippen LogP contribution in [0.5, 0.6) is 0 Å². The van der Waals surface area contributed by atoms with Crippen molar-refractivity contribution in [3.63, 3.8) is 0 Å². The average molecular weight is 304 g/mol. The summed E-state index contributed by atoms with van der Waals surface area (Å²) in [5, 5.41) is 0. The van der Waals surface area contributed by atoms with E-state index in [1.807, 2.05) is 30.0 Å². The molecule has 0 saturated carbocycles. The van der Waals surface area contributed by atoms with Gasteiger partial charge in [-0.15, -0.1) is 0 Å². The molecule has 17 heavy (non-hydrogen) atoms. The molecule has 0 aliphatic carbocycles. The second kappa shape index (κ2) is 5.02. The smallest absolute Gasteiger partial charge is 0.260 e. The molecule has 1 aromatic carbocycles. The van der Waals surface area contributed by atoms with Crippen LogP contribution in [0.2, 0.25) is 0 Å². The van der Waals surface area contributed by atoms with Crippen LogP contribution in [0, 0.1) is 6.92 Å². The third kappa shape index (κ3) is 3.49. The molecule has 1 aliphatic heterocycles. The fourth-order valence-corrected chi connectivity index (χ4v) is 2.82. The Balaban J connectivity index is 2.05. The third-order valence-electron chi connectivity index (χ3n) is 3.07. The number of nitrogens with zero attached hydrogens (tertiary/aromatic N) is 1. The molecule has 0 atom stereocenters. The number of halogens is 3. The average Bonchev–Trinajstić information content (AvgIpc) is 2.21. The van der Waals surface area contributed by atoms with Crippen molar-refractivity contribution in [1.29, 1.82) is 0 Å². The molecular formula is C13H16BrF2N. The van der Waals surface area contributed by atoms with Gasteiger partial charge in [-0.1, -0.05) is 28.1 Å². The summed E-state index contributed by atoms with van der Waals surface area (Å²) >= 11 is 3.49. The van der Waals surface area contributed by atoms with Crippen LogP contribution in [0.15, 0.2) is 22.7 Å². The molecular weight excluding hydrogens is 288 g/mol. The lowest BCUT2D eigenvalue weighted by molar-refractivity contribution is -0.0661. The Bertz CT molecular complexity index is 406. The summed E-state index contributed by atoms with van der Waals surface area (Å²) in [7, 11) is 0. The van der Waals surface area contributed by atoms with Gasteiger partial charge in [0, 0.05) is 17.4 Å². The van der Waals surface area contributed by atoms with Crippen molar-refractivity contribution in [3.8, 4) is 0 Å². The summed E-state index contributed by atoms with van der Waals surface area (Å²) in [5.74, 6) is -2.52. The van der Waals surface area contributed by atoms with Crippen LogP contribution in [-0.2, 0) is 6.54 Å². The highest BCUT2D eigenvalue weighted by atomic mass is 79.9. The number of aryl methyl sites for hydroxylation is 1. The first-order valence-corrected chi connectivity index (χ1v) is 6.61. The number of hydrogen-bond acceptors (Lipinski definition) is 1. The van der Waals surface area contributed by atoms with E-state index in [2.05, 4.69) is 15.9 Å². The van der Waals surface area contributed by atoms with Crippen LogP contribution >= 0.6 is 15.9 Å². The molecule has 2 rings (SSSR count). The first kappa shape index (κ1) is 13.0. The fraction of sp³-hybridized carbons (Fsp3) is 0.538. The minimum Gasteiger partial charge on any atom is -0.293 e. The molecule has 4 heteroatoms. The molecule has 0 spiro atoms. The van der Waals surface area contributed by atoms with Crippen LogP contribution in [0.3, 0.4) is 0 Å². The van der Waals surface area contributed by atoms with E-state index in [4.69, 9.17) is 0 Å². The van der Waals surface area contributed by atoms with Gasteiger partial charge >= 0.3 is 0 Å². The van der Waals surface area contributed by atoms with Gasteiger partial charge in [0.25, 0.3) is 5.92 Å². The standard InChI is InChI=1S/C13H16BrF2N/c1-10-3-4-11(12(14)7-10)8-17-6-2-5-13(15,16)9-17/h3-4,7H,2,5-6,8-9H2,1H3. The summed E-state index contributed by atoms with van der Waals surface area (Å²) in [6, 6.07) is 6.05. The van der Waals surface area contributed by atoms with Gasteiger partial charge in [-0.05, 0) is 37.1 Å². The minimum atomic E-state index is -2.52. The first-order valence-electron chi connectivity index (χ1n) is 5.81. The first-order chi connectivity index (χ1) is 7.96. The molecule has 0 bridgehead atoms. The van der Waals surface area contributed by atoms with E-state index in [0.717, 1.165) is 16.6 Å². The Kier molecular flexibility index (Phi) is 3.83. The van der Waals surface area contributed by atoms with Gasteiger partial charge < -0.3 is 0 Å². The van der Waals surface area contributed by atoms with Crippen molar-refractivity contribution >= 4 is 15.9 Å². The lowest BCUT2D eigenvalue weighted by atomic mass is 10.1. The predicted octanol–water partition coefficient (Wildman–Crippen LogP) is 3.99. The molecule has 1 aliphatic rings. The number of benzene rings is 1. The van der Waals surface area contributed by atoms with Crippen molar-refractivity contribution < 1.29 is 8.78 Å². The Morgan fingerprint density at radius 2 is 2.18 bits per heavy atom. The summed E-state index contributed by atoms with van der Waals surface area (Å²) in [5.41, 5.74) is 2.25. The second-order valence-corrected chi connectivity index (χ2v) is 5.62. The lowest BCUT2D eigenvalue weighted by Gasteiger charge is -2.32. The van der Waals surface area contributed by atoms with E-state index in [-0.39, 0.29) is 13.0 Å². The van der Waals surface area contributed by atoms with Gasteiger partial charge in [-0.3, -0.25) is 4.90 Å². The molecule has 0 N–H and O–H groups in total. The van der Waals surface area contributed by atoms with E-state index in [9.17, 15) is 8.78 Å². The molecule has 0 radical (unpaired) electrons. The predicted molar refractivity (Wildman–Crippen MR) is 68.3 cm³/mol. The minimum absolute atomic E-state index is 0.0264. The van der Waals surface area contributed by atoms with E-state index < -0.39 is 5.92 Å². The molecule has 1 saturated heterocycles. The van der Waals surface area contributed by atoms with Crippen molar-refractivity contribution in [2.45, 2.75) is 32.2 Å². The van der Waals surface area contributed by atoms with Gasteiger partial charge in [-0.25, -0.2) is 8.78 Å². The number of rotatable bonds is 2. The van der Waals surface area contributed by atoms with Crippen LogP contribution in [-0.4, -0.2) is 23.9 Å². The van der Waals surface area contributed by atoms with Crippen LogP contribution < -0.4 is 0 Å². The summed E-state index contributed by atoms with van der Waals surface area (Å²) in [4.78, 5) is 1.83. The van der Waals surface area contributed by atoms with Gasteiger partial charge in [-0.2, -0.15) is 0 Å². The Morgan fingerprint density at radius 1 is 1.41 bits per heavy atom. The molecule has 1 aromatic rings. The van der Waals surface area contributed by atoms with E-state index in [1.54, 1.807) is 0 Å². The van der Waals surface area contributed by atoms with Crippen molar-refractivity contribution in [1.82, 2.24) is 4.90 Å². The maximum atomic E-state index is 13.3. The Hall–Kier alpha value is -0.480. The number of alkyl halides is 2. The molecule has 94 valence electrons. The molecule has 0 aromatic heterocycles. The molecule has 0 unspecified atom stereocenters. The summed E-state index contributed by atoms with van der Waals surface area (Å²) < 4.78 is 27.5. The van der Waals surface area contributed by atoms with Gasteiger partial charge in [0.2, 0.25) is 0 Å². The molecule has 1 nitrogen and oxygen atoms in total. The van der Waals surface area contributed by atoms with E-state index in [0.29, 0.717) is 13.0 Å². The van der Waals surface area contributed by atoms with Gasteiger partial charge in [0.1, 0.15) is 0 Å². The topological polar surface area (TPSA) is 3.24 Å². The third-order valence-corrected chi connectivity index (χ3v) is 3.81. The maximum absolute atomic E-state index is 13.3. The Morgan fingerprint density at radius 3 is 2.82 bits per heavy atom.